The third kappa shape index (κ3) is 3.18. The van der Waals surface area contributed by atoms with Gasteiger partial charge in [0.25, 0.3) is 0 Å². The molecule has 0 bridgehead atoms. The number of aliphatic hydroxyl groups is 1. The molecule has 2 aromatic rings. The van der Waals surface area contributed by atoms with Crippen LogP contribution in [0.15, 0.2) is 42.6 Å². The zero-order valence-corrected chi connectivity index (χ0v) is 9.68. The van der Waals surface area contributed by atoms with Crippen molar-refractivity contribution in [3.05, 3.63) is 54.0 Å². The maximum atomic E-state index is 12.6. The van der Waals surface area contributed by atoms with Crippen LogP contribution < -0.4 is 11.1 Å². The molecule has 4 N–H and O–H groups in total. The third-order valence-electron chi connectivity index (χ3n) is 2.53. The number of nitrogens with one attached hydrogen (secondary N) is 1. The molecule has 0 fully saturated rings. The Labute approximate surface area is 104 Å². The van der Waals surface area contributed by atoms with E-state index in [0.29, 0.717) is 18.1 Å². The van der Waals surface area contributed by atoms with E-state index in [4.69, 9.17) is 5.73 Å². The average molecular weight is 247 g/mol. The highest BCUT2D eigenvalue weighted by atomic mass is 19.1. The van der Waals surface area contributed by atoms with Crippen LogP contribution in [-0.2, 0) is 0 Å². The first kappa shape index (κ1) is 12.3. The lowest BCUT2D eigenvalue weighted by Gasteiger charge is -2.12. The van der Waals surface area contributed by atoms with Crippen LogP contribution in [0.5, 0.6) is 0 Å². The van der Waals surface area contributed by atoms with Gasteiger partial charge in [-0.05, 0) is 29.8 Å². The minimum atomic E-state index is -0.669. The van der Waals surface area contributed by atoms with Gasteiger partial charge in [0.2, 0.25) is 0 Å². The number of benzene rings is 1. The van der Waals surface area contributed by atoms with Crippen molar-refractivity contribution in [1.82, 2.24) is 4.98 Å². The number of pyridine rings is 1. The van der Waals surface area contributed by atoms with E-state index in [1.807, 2.05) is 0 Å². The van der Waals surface area contributed by atoms with E-state index in [-0.39, 0.29) is 5.82 Å². The molecule has 18 heavy (non-hydrogen) atoms. The van der Waals surface area contributed by atoms with E-state index in [0.717, 1.165) is 11.8 Å². The number of aliphatic hydroxyl groups excluding tert-OH is 1. The predicted octanol–water partition coefficient (Wildman–Crippen LogP) is 1.95. The number of nitrogens with two attached hydrogens (primary N) is 1. The van der Waals surface area contributed by atoms with Crippen LogP contribution in [0.3, 0.4) is 0 Å². The average Bonchev–Trinajstić information content (AvgIpc) is 2.38. The van der Waals surface area contributed by atoms with Crippen LogP contribution in [0.1, 0.15) is 11.7 Å². The Morgan fingerprint density at radius 1 is 1.22 bits per heavy atom. The van der Waals surface area contributed by atoms with Gasteiger partial charge in [0.05, 0.1) is 12.3 Å². The summed E-state index contributed by atoms with van der Waals surface area (Å²) in [6, 6.07) is 9.82. The second-order valence-corrected chi connectivity index (χ2v) is 3.93. The molecular formula is C13H14FN3O. The van der Waals surface area contributed by atoms with Crippen LogP contribution in [0.4, 0.5) is 15.9 Å². The van der Waals surface area contributed by atoms with E-state index in [1.165, 1.54) is 12.1 Å². The Kier molecular flexibility index (Phi) is 3.74. The summed E-state index contributed by atoms with van der Waals surface area (Å²) in [5.41, 5.74) is 6.98. The van der Waals surface area contributed by atoms with Gasteiger partial charge < -0.3 is 16.2 Å². The van der Waals surface area contributed by atoms with Crippen LogP contribution in [0.25, 0.3) is 0 Å². The summed E-state index contributed by atoms with van der Waals surface area (Å²) < 4.78 is 12.6. The molecule has 0 spiro atoms. The second kappa shape index (κ2) is 5.46. The molecule has 1 heterocycles. The SMILES string of the molecule is Nc1ccc(C(O)CNc2ccc(F)cn2)cc1. The lowest BCUT2D eigenvalue weighted by atomic mass is 10.1. The Hall–Kier alpha value is -2.14. The van der Waals surface area contributed by atoms with E-state index < -0.39 is 6.10 Å². The van der Waals surface area contributed by atoms with Crippen LogP contribution in [0, 0.1) is 5.82 Å². The standard InChI is InChI=1S/C13H14FN3O/c14-10-3-6-13(16-7-10)17-8-12(18)9-1-4-11(15)5-2-9/h1-7,12,18H,8,15H2,(H,16,17). The molecule has 1 aromatic carbocycles. The van der Waals surface area contributed by atoms with Crippen LogP contribution in [0.2, 0.25) is 0 Å². The van der Waals surface area contributed by atoms with E-state index >= 15 is 0 Å². The molecule has 0 radical (unpaired) electrons. The van der Waals surface area contributed by atoms with Crippen molar-refractivity contribution in [2.75, 3.05) is 17.6 Å². The molecule has 0 saturated heterocycles. The largest absolute Gasteiger partial charge is 0.399 e. The summed E-state index contributed by atoms with van der Waals surface area (Å²) in [5.74, 6) is 0.130. The van der Waals surface area contributed by atoms with E-state index in [2.05, 4.69) is 10.3 Å². The fraction of sp³-hybridized carbons (Fsp3) is 0.154. The number of aromatic nitrogens is 1. The number of hydrogen-bond acceptors (Lipinski definition) is 4. The number of halogens is 1. The fourth-order valence-corrected chi connectivity index (χ4v) is 1.52. The number of anilines is 2. The monoisotopic (exact) mass is 247 g/mol. The van der Waals surface area contributed by atoms with Gasteiger partial charge in [0, 0.05) is 12.2 Å². The van der Waals surface area contributed by atoms with Crippen molar-refractivity contribution in [3.63, 3.8) is 0 Å². The molecule has 0 aliphatic rings. The fourth-order valence-electron chi connectivity index (χ4n) is 1.52. The Bertz CT molecular complexity index is 499. The Morgan fingerprint density at radius 2 is 1.94 bits per heavy atom. The maximum Gasteiger partial charge on any atom is 0.141 e. The number of nitrogen functional groups attached to an aromatic ring is 1. The summed E-state index contributed by atoms with van der Waals surface area (Å²) in [6.45, 7) is 0.294. The van der Waals surface area contributed by atoms with Gasteiger partial charge in [-0.2, -0.15) is 0 Å². The summed E-state index contributed by atoms with van der Waals surface area (Å²) in [7, 11) is 0. The van der Waals surface area contributed by atoms with Gasteiger partial charge in [0.1, 0.15) is 11.6 Å². The first-order valence-electron chi connectivity index (χ1n) is 5.54. The van der Waals surface area contributed by atoms with E-state index in [1.54, 1.807) is 24.3 Å². The van der Waals surface area contributed by atoms with E-state index in [9.17, 15) is 9.50 Å². The van der Waals surface area contributed by atoms with Crippen LogP contribution >= 0.6 is 0 Å². The van der Waals surface area contributed by atoms with Crippen LogP contribution in [-0.4, -0.2) is 16.6 Å². The highest BCUT2D eigenvalue weighted by Gasteiger charge is 2.07. The first-order valence-corrected chi connectivity index (χ1v) is 5.54. The minimum absolute atomic E-state index is 0.294. The lowest BCUT2D eigenvalue weighted by molar-refractivity contribution is 0.191. The number of hydrogen-bond donors (Lipinski definition) is 3. The maximum absolute atomic E-state index is 12.6. The van der Waals surface area contributed by atoms with Crippen molar-refractivity contribution < 1.29 is 9.50 Å². The van der Waals surface area contributed by atoms with Crippen molar-refractivity contribution in [2.45, 2.75) is 6.10 Å². The molecular weight excluding hydrogens is 233 g/mol. The molecule has 1 unspecified atom stereocenters. The van der Waals surface area contributed by atoms with Gasteiger partial charge in [0.15, 0.2) is 0 Å². The van der Waals surface area contributed by atoms with Crippen molar-refractivity contribution >= 4 is 11.5 Å². The topological polar surface area (TPSA) is 71.2 Å². The first-order chi connectivity index (χ1) is 8.65. The van der Waals surface area contributed by atoms with Crippen molar-refractivity contribution in [2.24, 2.45) is 0 Å². The van der Waals surface area contributed by atoms with Gasteiger partial charge >= 0.3 is 0 Å². The molecule has 4 nitrogen and oxygen atoms in total. The second-order valence-electron chi connectivity index (χ2n) is 3.93. The zero-order chi connectivity index (χ0) is 13.0. The molecule has 0 amide bonds. The smallest absolute Gasteiger partial charge is 0.141 e. The summed E-state index contributed by atoms with van der Waals surface area (Å²) >= 11 is 0. The lowest BCUT2D eigenvalue weighted by Crippen LogP contribution is -2.12. The zero-order valence-electron chi connectivity index (χ0n) is 9.68. The Balaban J connectivity index is 1.93. The molecule has 1 aromatic heterocycles. The van der Waals surface area contributed by atoms with Gasteiger partial charge in [-0.25, -0.2) is 9.37 Å². The van der Waals surface area contributed by atoms with Crippen molar-refractivity contribution in [1.29, 1.82) is 0 Å². The predicted molar refractivity (Wildman–Crippen MR) is 68.5 cm³/mol. The number of nitrogens with zero attached hydrogens (tertiary/aromatic N) is 1. The molecule has 5 heteroatoms. The summed E-state index contributed by atoms with van der Waals surface area (Å²) in [6.07, 6.45) is 0.454. The third-order valence-corrected chi connectivity index (χ3v) is 2.53. The highest BCUT2D eigenvalue weighted by Crippen LogP contribution is 2.15. The summed E-state index contributed by atoms with van der Waals surface area (Å²) in [5, 5.41) is 12.8. The molecule has 1 atom stereocenters. The molecule has 0 aliphatic carbocycles. The number of rotatable bonds is 4. The summed E-state index contributed by atoms with van der Waals surface area (Å²) in [4.78, 5) is 3.84. The highest BCUT2D eigenvalue weighted by molar-refractivity contribution is 5.40. The molecule has 0 aliphatic heterocycles. The van der Waals surface area contributed by atoms with Gasteiger partial charge in [-0.3, -0.25) is 0 Å². The van der Waals surface area contributed by atoms with Crippen molar-refractivity contribution in [3.8, 4) is 0 Å². The minimum Gasteiger partial charge on any atom is -0.399 e. The van der Waals surface area contributed by atoms with Gasteiger partial charge in [-0.1, -0.05) is 12.1 Å². The Morgan fingerprint density at radius 3 is 2.56 bits per heavy atom. The molecule has 94 valence electrons. The normalized spacial score (nSPS) is 12.1. The molecule has 2 rings (SSSR count). The molecule has 0 saturated carbocycles. The quantitative estimate of drug-likeness (QED) is 0.722. The van der Waals surface area contributed by atoms with Gasteiger partial charge in [-0.15, -0.1) is 0 Å².